The molecule has 0 saturated carbocycles. The first-order valence-corrected chi connectivity index (χ1v) is 6.79. The molecule has 2 aromatic heterocycles. The van der Waals surface area contributed by atoms with Crippen molar-refractivity contribution in [1.82, 2.24) is 14.8 Å². The molecule has 2 heterocycles. The quantitative estimate of drug-likeness (QED) is 0.739. The SMILES string of the molecule is Cc1cc(NC(=O)c2cc(Cl)nc3ccccc23)n(C)n1. The van der Waals surface area contributed by atoms with Crippen LogP contribution in [0.3, 0.4) is 0 Å². The molecule has 0 aliphatic carbocycles. The van der Waals surface area contributed by atoms with Gasteiger partial charge in [0.15, 0.2) is 0 Å². The van der Waals surface area contributed by atoms with Gasteiger partial charge in [-0.2, -0.15) is 5.10 Å². The summed E-state index contributed by atoms with van der Waals surface area (Å²) in [5, 5.41) is 8.10. The van der Waals surface area contributed by atoms with Crippen molar-refractivity contribution in [3.05, 3.63) is 52.8 Å². The average Bonchev–Trinajstić information content (AvgIpc) is 2.75. The second-order valence-corrected chi connectivity index (χ2v) is 5.15. The third-order valence-corrected chi connectivity index (χ3v) is 3.37. The molecule has 1 aromatic carbocycles. The molecular weight excluding hydrogens is 288 g/mol. The van der Waals surface area contributed by atoms with Gasteiger partial charge in [0.2, 0.25) is 0 Å². The lowest BCUT2D eigenvalue weighted by Gasteiger charge is -2.08. The van der Waals surface area contributed by atoms with Gasteiger partial charge in [0.1, 0.15) is 11.0 Å². The van der Waals surface area contributed by atoms with Crippen LogP contribution in [0.2, 0.25) is 5.15 Å². The fraction of sp³-hybridized carbons (Fsp3) is 0.133. The van der Waals surface area contributed by atoms with E-state index < -0.39 is 0 Å². The molecule has 1 N–H and O–H groups in total. The number of benzene rings is 1. The Morgan fingerprint density at radius 2 is 2.05 bits per heavy atom. The van der Waals surface area contributed by atoms with E-state index in [2.05, 4.69) is 15.4 Å². The predicted octanol–water partition coefficient (Wildman–Crippen LogP) is 3.18. The third-order valence-electron chi connectivity index (χ3n) is 3.17. The molecule has 1 amide bonds. The van der Waals surface area contributed by atoms with Crippen molar-refractivity contribution in [2.45, 2.75) is 6.92 Å². The number of para-hydroxylation sites is 1. The lowest BCUT2D eigenvalue weighted by molar-refractivity contribution is 0.102. The Bertz CT molecular complexity index is 841. The molecule has 0 bridgehead atoms. The molecule has 3 rings (SSSR count). The van der Waals surface area contributed by atoms with Gasteiger partial charge in [-0.1, -0.05) is 29.8 Å². The number of nitrogens with one attached hydrogen (secondary N) is 1. The fourth-order valence-electron chi connectivity index (χ4n) is 2.24. The fourth-order valence-corrected chi connectivity index (χ4v) is 2.44. The Labute approximate surface area is 126 Å². The summed E-state index contributed by atoms with van der Waals surface area (Å²) in [6, 6.07) is 10.8. The monoisotopic (exact) mass is 300 g/mol. The van der Waals surface area contributed by atoms with Gasteiger partial charge in [-0.15, -0.1) is 0 Å². The van der Waals surface area contributed by atoms with Crippen molar-refractivity contribution >= 4 is 34.2 Å². The van der Waals surface area contributed by atoms with Crippen LogP contribution in [0.25, 0.3) is 10.9 Å². The Balaban J connectivity index is 2.03. The highest BCUT2D eigenvalue weighted by atomic mass is 35.5. The van der Waals surface area contributed by atoms with Gasteiger partial charge in [0, 0.05) is 18.5 Å². The number of anilines is 1. The maximum atomic E-state index is 12.5. The first-order valence-electron chi connectivity index (χ1n) is 6.42. The minimum Gasteiger partial charge on any atom is -0.307 e. The van der Waals surface area contributed by atoms with Crippen molar-refractivity contribution in [2.24, 2.45) is 7.05 Å². The zero-order valence-corrected chi connectivity index (χ0v) is 12.3. The summed E-state index contributed by atoms with van der Waals surface area (Å²) in [7, 11) is 1.78. The van der Waals surface area contributed by atoms with Crippen LogP contribution in [0.4, 0.5) is 5.82 Å². The highest BCUT2D eigenvalue weighted by Gasteiger charge is 2.14. The Hall–Kier alpha value is -2.40. The molecule has 0 saturated heterocycles. The van der Waals surface area contributed by atoms with Gasteiger partial charge in [0.25, 0.3) is 5.91 Å². The highest BCUT2D eigenvalue weighted by Crippen LogP contribution is 2.22. The number of hydrogen-bond donors (Lipinski definition) is 1. The smallest absolute Gasteiger partial charge is 0.257 e. The number of aryl methyl sites for hydroxylation is 2. The van der Waals surface area contributed by atoms with E-state index in [9.17, 15) is 4.79 Å². The van der Waals surface area contributed by atoms with Gasteiger partial charge in [-0.25, -0.2) is 4.98 Å². The summed E-state index contributed by atoms with van der Waals surface area (Å²) in [4.78, 5) is 16.7. The number of rotatable bonds is 2. The van der Waals surface area contributed by atoms with E-state index >= 15 is 0 Å². The van der Waals surface area contributed by atoms with Crippen LogP contribution in [0.1, 0.15) is 16.1 Å². The summed E-state index contributed by atoms with van der Waals surface area (Å²) >= 11 is 6.00. The maximum Gasteiger partial charge on any atom is 0.257 e. The van der Waals surface area contributed by atoms with E-state index in [1.807, 2.05) is 37.3 Å². The van der Waals surface area contributed by atoms with Crippen LogP contribution in [0.5, 0.6) is 0 Å². The van der Waals surface area contributed by atoms with E-state index in [1.54, 1.807) is 17.8 Å². The van der Waals surface area contributed by atoms with E-state index in [4.69, 9.17) is 11.6 Å². The van der Waals surface area contributed by atoms with Crippen molar-refractivity contribution in [3.8, 4) is 0 Å². The Kier molecular flexibility index (Phi) is 3.35. The van der Waals surface area contributed by atoms with E-state index in [0.29, 0.717) is 22.1 Å². The molecular formula is C15H13ClN4O. The minimum atomic E-state index is -0.237. The highest BCUT2D eigenvalue weighted by molar-refractivity contribution is 6.30. The summed E-state index contributed by atoms with van der Waals surface area (Å²) in [5.74, 6) is 0.396. The molecule has 0 fully saturated rings. The average molecular weight is 301 g/mol. The van der Waals surface area contributed by atoms with Crippen molar-refractivity contribution in [2.75, 3.05) is 5.32 Å². The normalized spacial score (nSPS) is 10.8. The van der Waals surface area contributed by atoms with Crippen LogP contribution in [0.15, 0.2) is 36.4 Å². The number of fused-ring (bicyclic) bond motifs is 1. The topological polar surface area (TPSA) is 59.8 Å². The van der Waals surface area contributed by atoms with Crippen LogP contribution in [0, 0.1) is 6.92 Å². The Morgan fingerprint density at radius 3 is 2.76 bits per heavy atom. The summed E-state index contributed by atoms with van der Waals surface area (Å²) in [6.07, 6.45) is 0. The lowest BCUT2D eigenvalue weighted by atomic mass is 10.1. The second-order valence-electron chi connectivity index (χ2n) is 4.76. The second kappa shape index (κ2) is 5.18. The molecule has 6 heteroatoms. The van der Waals surface area contributed by atoms with E-state index in [1.165, 1.54) is 0 Å². The molecule has 0 aliphatic heterocycles. The number of carbonyl (C=O) groups is 1. The van der Waals surface area contributed by atoms with Crippen LogP contribution in [-0.4, -0.2) is 20.7 Å². The van der Waals surface area contributed by atoms with E-state index in [-0.39, 0.29) is 5.91 Å². The number of halogens is 1. The van der Waals surface area contributed by atoms with E-state index in [0.717, 1.165) is 11.1 Å². The lowest BCUT2D eigenvalue weighted by Crippen LogP contribution is -2.15. The van der Waals surface area contributed by atoms with Gasteiger partial charge in [-0.05, 0) is 19.1 Å². The number of aromatic nitrogens is 3. The number of hydrogen-bond acceptors (Lipinski definition) is 3. The first kappa shape index (κ1) is 13.6. The summed E-state index contributed by atoms with van der Waals surface area (Å²) in [6.45, 7) is 1.87. The van der Waals surface area contributed by atoms with Gasteiger partial charge in [-0.3, -0.25) is 9.48 Å². The zero-order chi connectivity index (χ0) is 15.0. The molecule has 106 valence electrons. The zero-order valence-electron chi connectivity index (χ0n) is 11.6. The molecule has 0 unspecified atom stereocenters. The van der Waals surface area contributed by atoms with Crippen molar-refractivity contribution < 1.29 is 4.79 Å². The predicted molar refractivity (Wildman–Crippen MR) is 82.7 cm³/mol. The van der Waals surface area contributed by atoms with Gasteiger partial charge in [0.05, 0.1) is 16.8 Å². The van der Waals surface area contributed by atoms with Crippen molar-refractivity contribution in [3.63, 3.8) is 0 Å². The largest absolute Gasteiger partial charge is 0.307 e. The number of carbonyl (C=O) groups excluding carboxylic acids is 1. The number of amides is 1. The maximum absolute atomic E-state index is 12.5. The molecule has 0 aliphatic rings. The van der Waals surface area contributed by atoms with Crippen LogP contribution < -0.4 is 5.32 Å². The number of pyridine rings is 1. The third kappa shape index (κ3) is 2.60. The molecule has 3 aromatic rings. The number of nitrogens with zero attached hydrogens (tertiary/aromatic N) is 3. The molecule has 0 atom stereocenters. The van der Waals surface area contributed by atoms with Crippen LogP contribution in [-0.2, 0) is 7.05 Å². The summed E-state index contributed by atoms with van der Waals surface area (Å²) < 4.78 is 1.62. The molecule has 5 nitrogen and oxygen atoms in total. The van der Waals surface area contributed by atoms with Crippen LogP contribution >= 0.6 is 11.6 Å². The first-order chi connectivity index (χ1) is 10.0. The molecule has 21 heavy (non-hydrogen) atoms. The minimum absolute atomic E-state index is 0.237. The molecule has 0 radical (unpaired) electrons. The standard InChI is InChI=1S/C15H13ClN4O/c1-9-7-14(20(2)19-9)18-15(21)11-8-13(16)17-12-6-4-3-5-10(11)12/h3-8H,1-2H3,(H,18,21). The molecule has 0 spiro atoms. The summed E-state index contributed by atoms with van der Waals surface area (Å²) in [5.41, 5.74) is 2.02. The Morgan fingerprint density at radius 1 is 1.29 bits per heavy atom. The van der Waals surface area contributed by atoms with Crippen molar-refractivity contribution in [1.29, 1.82) is 0 Å². The van der Waals surface area contributed by atoms with Gasteiger partial charge < -0.3 is 5.32 Å². The van der Waals surface area contributed by atoms with Gasteiger partial charge >= 0.3 is 0 Å².